The summed E-state index contributed by atoms with van der Waals surface area (Å²) in [4.78, 5) is 10.7. The first-order chi connectivity index (χ1) is 7.06. The number of nitrogens with zero attached hydrogens (tertiary/aromatic N) is 1. The SMILES string of the molecule is Cc1cccc(C)c1/C=C(\C#N)C(=O)O. The van der Waals surface area contributed by atoms with Crippen LogP contribution in [0.5, 0.6) is 0 Å². The molecule has 0 aliphatic carbocycles. The Kier molecular flexibility index (Phi) is 3.25. The van der Waals surface area contributed by atoms with Gasteiger partial charge >= 0.3 is 5.97 Å². The summed E-state index contributed by atoms with van der Waals surface area (Å²) in [6.07, 6.45) is 1.41. The third-order valence-electron chi connectivity index (χ3n) is 2.18. The van der Waals surface area contributed by atoms with Crippen LogP contribution in [-0.2, 0) is 4.79 Å². The van der Waals surface area contributed by atoms with E-state index in [0.717, 1.165) is 16.7 Å². The Hall–Kier alpha value is -2.08. The highest BCUT2D eigenvalue weighted by Crippen LogP contribution is 2.16. The Labute approximate surface area is 88.3 Å². The van der Waals surface area contributed by atoms with Crippen LogP contribution in [0, 0.1) is 25.2 Å². The Balaban J connectivity index is 3.30. The molecule has 1 aromatic rings. The summed E-state index contributed by atoms with van der Waals surface area (Å²) in [5.41, 5.74) is 2.48. The summed E-state index contributed by atoms with van der Waals surface area (Å²) in [6.45, 7) is 3.77. The summed E-state index contributed by atoms with van der Waals surface area (Å²) >= 11 is 0. The van der Waals surface area contributed by atoms with Crippen LogP contribution in [0.25, 0.3) is 6.08 Å². The van der Waals surface area contributed by atoms with Crippen LogP contribution < -0.4 is 0 Å². The highest BCUT2D eigenvalue weighted by molar-refractivity contribution is 5.96. The molecule has 0 amide bonds. The monoisotopic (exact) mass is 201 g/mol. The van der Waals surface area contributed by atoms with Crippen LogP contribution in [0.2, 0.25) is 0 Å². The van der Waals surface area contributed by atoms with Crippen molar-refractivity contribution in [3.05, 3.63) is 40.5 Å². The molecule has 1 N–H and O–H groups in total. The van der Waals surface area contributed by atoms with Crippen LogP contribution in [0.3, 0.4) is 0 Å². The number of rotatable bonds is 2. The first-order valence-electron chi connectivity index (χ1n) is 4.47. The maximum atomic E-state index is 10.7. The molecule has 3 heteroatoms. The molecule has 0 fully saturated rings. The lowest BCUT2D eigenvalue weighted by Gasteiger charge is -2.04. The molecule has 1 rings (SSSR count). The van der Waals surface area contributed by atoms with E-state index in [9.17, 15) is 4.79 Å². The Morgan fingerprint density at radius 1 is 1.40 bits per heavy atom. The highest BCUT2D eigenvalue weighted by atomic mass is 16.4. The molecule has 0 aliphatic heterocycles. The average molecular weight is 201 g/mol. The highest BCUT2D eigenvalue weighted by Gasteiger charge is 2.07. The van der Waals surface area contributed by atoms with E-state index >= 15 is 0 Å². The number of carbonyl (C=O) groups is 1. The van der Waals surface area contributed by atoms with E-state index in [0.29, 0.717) is 0 Å². The van der Waals surface area contributed by atoms with Crippen LogP contribution in [0.1, 0.15) is 16.7 Å². The van der Waals surface area contributed by atoms with Gasteiger partial charge in [-0.05, 0) is 36.6 Å². The molecule has 0 unspecified atom stereocenters. The molecule has 0 radical (unpaired) electrons. The minimum atomic E-state index is -1.19. The largest absolute Gasteiger partial charge is 0.477 e. The quantitative estimate of drug-likeness (QED) is 0.590. The fraction of sp³-hybridized carbons (Fsp3) is 0.167. The van der Waals surface area contributed by atoms with Gasteiger partial charge in [-0.2, -0.15) is 5.26 Å². The van der Waals surface area contributed by atoms with Crippen molar-refractivity contribution in [3.8, 4) is 6.07 Å². The van der Waals surface area contributed by atoms with E-state index in [1.54, 1.807) is 6.07 Å². The van der Waals surface area contributed by atoms with Crippen LogP contribution in [-0.4, -0.2) is 11.1 Å². The van der Waals surface area contributed by atoms with Crippen LogP contribution in [0.4, 0.5) is 0 Å². The molecule has 3 nitrogen and oxygen atoms in total. The number of benzene rings is 1. The molecule has 0 aromatic heterocycles. The summed E-state index contributed by atoms with van der Waals surface area (Å²) in [6, 6.07) is 7.33. The molecule has 0 saturated carbocycles. The molecule has 0 bridgehead atoms. The van der Waals surface area contributed by atoms with Crippen molar-refractivity contribution in [2.75, 3.05) is 0 Å². The fourth-order valence-electron chi connectivity index (χ4n) is 1.34. The smallest absolute Gasteiger partial charge is 0.346 e. The molecule has 0 aliphatic rings. The average Bonchev–Trinajstić information content (AvgIpc) is 2.17. The van der Waals surface area contributed by atoms with Crippen molar-refractivity contribution in [1.29, 1.82) is 5.26 Å². The molecule has 0 spiro atoms. The van der Waals surface area contributed by atoms with Crippen molar-refractivity contribution in [2.24, 2.45) is 0 Å². The van der Waals surface area contributed by atoms with E-state index in [1.807, 2.05) is 32.0 Å². The lowest BCUT2D eigenvalue weighted by atomic mass is 10.0. The van der Waals surface area contributed by atoms with Gasteiger partial charge in [0.25, 0.3) is 0 Å². The zero-order valence-corrected chi connectivity index (χ0v) is 8.61. The van der Waals surface area contributed by atoms with Crippen molar-refractivity contribution in [2.45, 2.75) is 13.8 Å². The molecule has 1 aromatic carbocycles. The van der Waals surface area contributed by atoms with E-state index in [-0.39, 0.29) is 5.57 Å². The van der Waals surface area contributed by atoms with E-state index < -0.39 is 5.97 Å². The molecule has 0 saturated heterocycles. The number of hydrogen-bond donors (Lipinski definition) is 1. The van der Waals surface area contributed by atoms with Crippen LogP contribution >= 0.6 is 0 Å². The predicted molar refractivity (Wildman–Crippen MR) is 57.1 cm³/mol. The molecule has 0 heterocycles. The number of carboxylic acid groups (broad SMARTS) is 1. The van der Waals surface area contributed by atoms with Crippen molar-refractivity contribution < 1.29 is 9.90 Å². The first-order valence-corrected chi connectivity index (χ1v) is 4.47. The van der Waals surface area contributed by atoms with Gasteiger partial charge in [-0.1, -0.05) is 18.2 Å². The van der Waals surface area contributed by atoms with Gasteiger partial charge in [0.2, 0.25) is 0 Å². The van der Waals surface area contributed by atoms with Gasteiger partial charge in [-0.25, -0.2) is 4.79 Å². The Morgan fingerprint density at radius 3 is 2.33 bits per heavy atom. The van der Waals surface area contributed by atoms with Gasteiger partial charge in [-0.15, -0.1) is 0 Å². The van der Waals surface area contributed by atoms with Gasteiger partial charge in [0.1, 0.15) is 11.6 Å². The van der Waals surface area contributed by atoms with Gasteiger partial charge < -0.3 is 5.11 Å². The van der Waals surface area contributed by atoms with Gasteiger partial charge in [-0.3, -0.25) is 0 Å². The minimum Gasteiger partial charge on any atom is -0.477 e. The molecular formula is C12H11NO2. The molecular weight excluding hydrogens is 190 g/mol. The van der Waals surface area contributed by atoms with E-state index in [4.69, 9.17) is 10.4 Å². The van der Waals surface area contributed by atoms with Gasteiger partial charge in [0, 0.05) is 0 Å². The second-order valence-corrected chi connectivity index (χ2v) is 3.28. The third kappa shape index (κ3) is 2.44. The van der Waals surface area contributed by atoms with Gasteiger partial charge in [0.05, 0.1) is 0 Å². The third-order valence-corrected chi connectivity index (χ3v) is 2.18. The van der Waals surface area contributed by atoms with Crippen molar-refractivity contribution >= 4 is 12.0 Å². The number of aryl methyl sites for hydroxylation is 2. The number of aliphatic carboxylic acids is 1. The predicted octanol–water partition coefficient (Wildman–Crippen LogP) is 2.30. The zero-order valence-electron chi connectivity index (χ0n) is 8.61. The number of nitriles is 1. The first kappa shape index (κ1) is 11.0. The van der Waals surface area contributed by atoms with Crippen molar-refractivity contribution in [1.82, 2.24) is 0 Å². The molecule has 0 atom stereocenters. The summed E-state index contributed by atoms with van der Waals surface area (Å²) in [7, 11) is 0. The fourth-order valence-corrected chi connectivity index (χ4v) is 1.34. The lowest BCUT2D eigenvalue weighted by Crippen LogP contribution is -1.98. The van der Waals surface area contributed by atoms with Gasteiger partial charge in [0.15, 0.2) is 0 Å². The minimum absolute atomic E-state index is 0.243. The normalized spacial score (nSPS) is 10.9. The lowest BCUT2D eigenvalue weighted by molar-refractivity contribution is -0.132. The van der Waals surface area contributed by atoms with Crippen molar-refractivity contribution in [3.63, 3.8) is 0 Å². The molecule has 76 valence electrons. The second-order valence-electron chi connectivity index (χ2n) is 3.28. The molecule has 15 heavy (non-hydrogen) atoms. The number of hydrogen-bond acceptors (Lipinski definition) is 2. The maximum absolute atomic E-state index is 10.7. The summed E-state index contributed by atoms with van der Waals surface area (Å²) in [5.74, 6) is -1.19. The second kappa shape index (κ2) is 4.43. The van der Waals surface area contributed by atoms with E-state index in [2.05, 4.69) is 0 Å². The maximum Gasteiger partial charge on any atom is 0.346 e. The Bertz CT molecular complexity index is 447. The van der Waals surface area contributed by atoms with E-state index in [1.165, 1.54) is 6.08 Å². The summed E-state index contributed by atoms with van der Waals surface area (Å²) < 4.78 is 0. The van der Waals surface area contributed by atoms with Crippen LogP contribution in [0.15, 0.2) is 23.8 Å². The Morgan fingerprint density at radius 2 is 1.93 bits per heavy atom. The zero-order chi connectivity index (χ0) is 11.4. The number of carboxylic acids is 1. The standard InChI is InChI=1S/C12H11NO2/c1-8-4-3-5-9(2)11(8)6-10(7-13)12(14)15/h3-6H,1-2H3,(H,14,15)/b10-6+. The topological polar surface area (TPSA) is 61.1 Å². The summed E-state index contributed by atoms with van der Waals surface area (Å²) in [5, 5.41) is 17.4.